The first kappa shape index (κ1) is 26.7. The normalized spacial score (nSPS) is 17.1. The van der Waals surface area contributed by atoms with Crippen LogP contribution < -0.4 is 10.6 Å². The minimum atomic E-state index is -0.432. The molecule has 0 radical (unpaired) electrons. The lowest BCUT2D eigenvalue weighted by atomic mass is 9.87. The second-order valence-electron chi connectivity index (χ2n) is 9.25. The van der Waals surface area contributed by atoms with Gasteiger partial charge in [-0.25, -0.2) is 4.79 Å². The van der Waals surface area contributed by atoms with E-state index in [1.807, 2.05) is 30.3 Å². The minimum Gasteiger partial charge on any atom is -0.449 e. The van der Waals surface area contributed by atoms with Gasteiger partial charge in [0.05, 0.1) is 19.3 Å². The molecule has 1 aliphatic rings. The standard InChI is InChI=1S/C31H32N2O3.ClH/c34-31(33-28-8-2-1-3-9-28)35-19-17-23-10-14-26(15-11-23)29-16-18-32-21-30(29)36-22-24-12-13-25-6-4-5-7-27(25)20-24;/h1-15,20,29-30,32H,16-19,21-22H2,(H,33,34);1H. The fourth-order valence-corrected chi connectivity index (χ4v) is 4.79. The van der Waals surface area contributed by atoms with Gasteiger partial charge in [-0.3, -0.25) is 5.32 Å². The average Bonchev–Trinajstić information content (AvgIpc) is 2.93. The summed E-state index contributed by atoms with van der Waals surface area (Å²) in [5.41, 5.74) is 4.37. The SMILES string of the molecule is Cl.O=C(Nc1ccccc1)OCCc1ccc(C2CCNCC2OCc2ccc3ccccc3c2)cc1. The molecular weight excluding hydrogens is 484 g/mol. The number of piperidine rings is 1. The Morgan fingerprint density at radius 1 is 0.865 bits per heavy atom. The van der Waals surface area contributed by atoms with E-state index in [4.69, 9.17) is 9.47 Å². The summed E-state index contributed by atoms with van der Waals surface area (Å²) in [7, 11) is 0. The summed E-state index contributed by atoms with van der Waals surface area (Å²) in [5, 5.41) is 8.72. The van der Waals surface area contributed by atoms with Crippen LogP contribution in [-0.4, -0.2) is 31.9 Å². The molecule has 4 aromatic rings. The number of benzene rings is 4. The molecule has 5 rings (SSSR count). The molecule has 5 nitrogen and oxygen atoms in total. The third-order valence-corrected chi connectivity index (χ3v) is 6.76. The summed E-state index contributed by atoms with van der Waals surface area (Å²) in [6.07, 6.45) is 1.42. The van der Waals surface area contributed by atoms with Crippen LogP contribution in [0.4, 0.5) is 10.5 Å². The van der Waals surface area contributed by atoms with E-state index in [2.05, 4.69) is 77.4 Å². The Bertz CT molecular complexity index is 1280. The molecule has 1 heterocycles. The lowest BCUT2D eigenvalue weighted by Crippen LogP contribution is -2.40. The molecule has 1 fully saturated rings. The van der Waals surface area contributed by atoms with Gasteiger partial charge < -0.3 is 14.8 Å². The van der Waals surface area contributed by atoms with Crippen LogP contribution in [0.5, 0.6) is 0 Å². The summed E-state index contributed by atoms with van der Waals surface area (Å²) in [5.74, 6) is 0.355. The number of hydrogen-bond donors (Lipinski definition) is 2. The molecular formula is C31H33ClN2O3. The second-order valence-corrected chi connectivity index (χ2v) is 9.25. The zero-order chi connectivity index (χ0) is 24.6. The van der Waals surface area contributed by atoms with Gasteiger partial charge in [-0.05, 0) is 58.6 Å². The maximum atomic E-state index is 12.0. The zero-order valence-electron chi connectivity index (χ0n) is 20.8. The van der Waals surface area contributed by atoms with E-state index in [0.29, 0.717) is 25.6 Å². The van der Waals surface area contributed by atoms with E-state index in [1.54, 1.807) is 0 Å². The molecule has 37 heavy (non-hydrogen) atoms. The van der Waals surface area contributed by atoms with E-state index in [-0.39, 0.29) is 18.5 Å². The van der Waals surface area contributed by atoms with E-state index in [1.165, 1.54) is 21.9 Å². The number of ether oxygens (including phenoxy) is 2. The molecule has 4 aromatic carbocycles. The van der Waals surface area contributed by atoms with Crippen molar-refractivity contribution in [2.45, 2.75) is 31.5 Å². The van der Waals surface area contributed by atoms with Crippen LogP contribution in [0.1, 0.15) is 29.0 Å². The third-order valence-electron chi connectivity index (χ3n) is 6.76. The van der Waals surface area contributed by atoms with Crippen LogP contribution in [-0.2, 0) is 22.5 Å². The molecule has 1 saturated heterocycles. The van der Waals surface area contributed by atoms with Gasteiger partial charge in [-0.2, -0.15) is 0 Å². The Morgan fingerprint density at radius 2 is 1.59 bits per heavy atom. The highest BCUT2D eigenvalue weighted by atomic mass is 35.5. The van der Waals surface area contributed by atoms with Crippen molar-refractivity contribution in [1.29, 1.82) is 0 Å². The van der Waals surface area contributed by atoms with Gasteiger partial charge in [-0.15, -0.1) is 12.4 Å². The Balaban J connectivity index is 0.00000320. The number of rotatable bonds is 8. The van der Waals surface area contributed by atoms with Crippen LogP contribution in [0.15, 0.2) is 97.1 Å². The van der Waals surface area contributed by atoms with Crippen LogP contribution in [0, 0.1) is 0 Å². The molecule has 0 aromatic heterocycles. The minimum absolute atomic E-state index is 0. The molecule has 0 spiro atoms. The maximum absolute atomic E-state index is 12.0. The van der Waals surface area contributed by atoms with E-state index >= 15 is 0 Å². The van der Waals surface area contributed by atoms with Gasteiger partial charge in [0.2, 0.25) is 0 Å². The average molecular weight is 517 g/mol. The number of halogens is 1. The first-order valence-electron chi connectivity index (χ1n) is 12.6. The highest BCUT2D eigenvalue weighted by Gasteiger charge is 2.27. The fourth-order valence-electron chi connectivity index (χ4n) is 4.79. The van der Waals surface area contributed by atoms with Crippen LogP contribution in [0.25, 0.3) is 10.8 Å². The number of amides is 1. The Labute approximate surface area is 224 Å². The van der Waals surface area contributed by atoms with Crippen molar-refractivity contribution in [1.82, 2.24) is 5.32 Å². The molecule has 2 atom stereocenters. The van der Waals surface area contributed by atoms with E-state index in [0.717, 1.165) is 30.8 Å². The maximum Gasteiger partial charge on any atom is 0.411 e. The van der Waals surface area contributed by atoms with Crippen LogP contribution in [0.3, 0.4) is 0 Å². The zero-order valence-corrected chi connectivity index (χ0v) is 21.6. The molecule has 1 aliphatic heterocycles. The van der Waals surface area contributed by atoms with Crippen molar-refractivity contribution in [2.75, 3.05) is 25.0 Å². The first-order valence-corrected chi connectivity index (χ1v) is 12.6. The Kier molecular flexibility index (Phi) is 9.55. The summed E-state index contributed by atoms with van der Waals surface area (Å²) in [6.45, 7) is 2.79. The molecule has 192 valence electrons. The van der Waals surface area contributed by atoms with Crippen molar-refractivity contribution >= 4 is 35.0 Å². The highest BCUT2D eigenvalue weighted by molar-refractivity contribution is 5.85. The number of anilines is 1. The van der Waals surface area contributed by atoms with E-state index in [9.17, 15) is 4.79 Å². The molecule has 0 saturated carbocycles. The van der Waals surface area contributed by atoms with Crippen molar-refractivity contribution in [3.05, 3.63) is 114 Å². The molecule has 2 unspecified atom stereocenters. The van der Waals surface area contributed by atoms with Crippen molar-refractivity contribution in [2.24, 2.45) is 0 Å². The number of nitrogens with one attached hydrogen (secondary N) is 2. The van der Waals surface area contributed by atoms with Gasteiger partial charge in [0.15, 0.2) is 0 Å². The molecule has 0 aliphatic carbocycles. The Morgan fingerprint density at radius 3 is 2.41 bits per heavy atom. The number of fused-ring (bicyclic) bond motifs is 1. The van der Waals surface area contributed by atoms with Crippen molar-refractivity contribution in [3.63, 3.8) is 0 Å². The van der Waals surface area contributed by atoms with Gasteiger partial charge >= 0.3 is 6.09 Å². The third kappa shape index (κ3) is 7.32. The topological polar surface area (TPSA) is 59.6 Å². The van der Waals surface area contributed by atoms with E-state index < -0.39 is 6.09 Å². The predicted octanol–water partition coefficient (Wildman–Crippen LogP) is 6.72. The molecule has 0 bridgehead atoms. The quantitative estimate of drug-likeness (QED) is 0.273. The molecule has 6 heteroatoms. The summed E-state index contributed by atoms with van der Waals surface area (Å²) in [6, 6.07) is 32.9. The predicted molar refractivity (Wildman–Crippen MR) is 152 cm³/mol. The lowest BCUT2D eigenvalue weighted by molar-refractivity contribution is 0.0106. The summed E-state index contributed by atoms with van der Waals surface area (Å²) < 4.78 is 11.8. The van der Waals surface area contributed by atoms with Crippen LogP contribution in [0.2, 0.25) is 0 Å². The monoisotopic (exact) mass is 516 g/mol. The highest BCUT2D eigenvalue weighted by Crippen LogP contribution is 2.29. The molecule has 2 N–H and O–H groups in total. The lowest BCUT2D eigenvalue weighted by Gasteiger charge is -2.32. The fraction of sp³-hybridized carbons (Fsp3) is 0.258. The van der Waals surface area contributed by atoms with Gasteiger partial charge in [0, 0.05) is 24.6 Å². The summed E-state index contributed by atoms with van der Waals surface area (Å²) in [4.78, 5) is 12.0. The number of carbonyl (C=O) groups excluding carboxylic acids is 1. The summed E-state index contributed by atoms with van der Waals surface area (Å²) >= 11 is 0. The van der Waals surface area contributed by atoms with Crippen molar-refractivity contribution < 1.29 is 14.3 Å². The van der Waals surface area contributed by atoms with Gasteiger partial charge in [0.1, 0.15) is 0 Å². The van der Waals surface area contributed by atoms with Crippen molar-refractivity contribution in [3.8, 4) is 0 Å². The smallest absolute Gasteiger partial charge is 0.411 e. The number of hydrogen-bond acceptors (Lipinski definition) is 4. The Hall–Kier alpha value is -3.38. The largest absolute Gasteiger partial charge is 0.449 e. The van der Waals surface area contributed by atoms with Gasteiger partial charge in [-0.1, -0.05) is 78.9 Å². The molecule has 1 amide bonds. The number of carbonyl (C=O) groups is 1. The van der Waals surface area contributed by atoms with Gasteiger partial charge in [0.25, 0.3) is 0 Å². The number of para-hydroxylation sites is 1. The first-order chi connectivity index (χ1) is 17.7. The van der Waals surface area contributed by atoms with Crippen LogP contribution >= 0.6 is 12.4 Å². The second kappa shape index (κ2) is 13.2.